The Labute approximate surface area is 199 Å². The molecule has 8 heteroatoms. The van der Waals surface area contributed by atoms with Crippen molar-refractivity contribution in [2.75, 3.05) is 6.54 Å². The van der Waals surface area contributed by atoms with Gasteiger partial charge in [0.1, 0.15) is 0 Å². The number of aromatic nitrogens is 1. The number of hydrogen-bond acceptors (Lipinski definition) is 5. The Morgan fingerprint density at radius 3 is 2.41 bits per heavy atom. The lowest BCUT2D eigenvalue weighted by molar-refractivity contribution is -0.124. The van der Waals surface area contributed by atoms with E-state index in [-0.39, 0.29) is 0 Å². The van der Waals surface area contributed by atoms with Crippen molar-refractivity contribution in [3.05, 3.63) is 98.5 Å². The number of pyridine rings is 1. The van der Waals surface area contributed by atoms with Crippen molar-refractivity contribution in [1.29, 1.82) is 0 Å². The molecule has 3 aromatic rings. The molecule has 178 valence electrons. The van der Waals surface area contributed by atoms with Gasteiger partial charge in [0, 0.05) is 19.3 Å². The van der Waals surface area contributed by atoms with Crippen LogP contribution < -0.4 is 10.3 Å². The van der Waals surface area contributed by atoms with E-state index in [0.29, 0.717) is 19.5 Å². The van der Waals surface area contributed by atoms with Gasteiger partial charge in [-0.25, -0.2) is 13.1 Å². The van der Waals surface area contributed by atoms with Crippen LogP contribution in [0.4, 0.5) is 0 Å². The van der Waals surface area contributed by atoms with Gasteiger partial charge in [-0.3, -0.25) is 14.5 Å². The second kappa shape index (κ2) is 9.56. The van der Waals surface area contributed by atoms with E-state index in [4.69, 9.17) is 0 Å². The summed E-state index contributed by atoms with van der Waals surface area (Å²) in [6.45, 7) is 7.30. The number of carbonyl (C=O) groups excluding carboxylic acids is 1. The van der Waals surface area contributed by atoms with Crippen molar-refractivity contribution in [3.8, 4) is 0 Å². The summed E-state index contributed by atoms with van der Waals surface area (Å²) in [5.74, 6) is -0.637. The average Bonchev–Trinajstić information content (AvgIpc) is 2.95. The number of H-pyrrole nitrogens is 1. The molecule has 1 aliphatic rings. The van der Waals surface area contributed by atoms with Crippen LogP contribution in [0, 0.1) is 20.8 Å². The predicted octanol–water partition coefficient (Wildman–Crippen LogP) is 2.77. The first-order valence-electron chi connectivity index (χ1n) is 11.3. The smallest absolute Gasteiger partial charge is 0.269 e. The number of nitrogens with zero attached hydrogens (tertiary/aromatic N) is 1. The number of rotatable bonds is 5. The molecule has 0 radical (unpaired) electrons. The third-order valence-electron chi connectivity index (χ3n) is 6.45. The minimum Gasteiger partial charge on any atom is -0.328 e. The zero-order chi connectivity index (χ0) is 24.5. The number of amides is 1. The number of sulfonamides is 1. The summed E-state index contributed by atoms with van der Waals surface area (Å²) >= 11 is 0. The van der Waals surface area contributed by atoms with Crippen LogP contribution in [-0.2, 0) is 34.2 Å². The van der Waals surface area contributed by atoms with Gasteiger partial charge >= 0.3 is 0 Å². The molecule has 1 aromatic heterocycles. The van der Waals surface area contributed by atoms with Gasteiger partial charge in [0.15, 0.2) is 4.90 Å². The molecule has 0 saturated carbocycles. The topological polar surface area (TPSA) is 99.3 Å². The third kappa shape index (κ3) is 4.98. The van der Waals surface area contributed by atoms with Crippen molar-refractivity contribution in [2.45, 2.75) is 51.1 Å². The molecule has 2 aromatic carbocycles. The Morgan fingerprint density at radius 1 is 1.06 bits per heavy atom. The summed E-state index contributed by atoms with van der Waals surface area (Å²) in [6.07, 6.45) is 2.49. The van der Waals surface area contributed by atoms with Crippen LogP contribution in [0.15, 0.2) is 64.4 Å². The second-order valence-corrected chi connectivity index (χ2v) is 10.6. The Kier molecular flexibility index (Phi) is 6.72. The molecule has 2 N–H and O–H groups in total. The lowest BCUT2D eigenvalue weighted by atomic mass is 9.98. The van der Waals surface area contributed by atoms with Gasteiger partial charge in [-0.15, -0.1) is 0 Å². The molecule has 0 bridgehead atoms. The summed E-state index contributed by atoms with van der Waals surface area (Å²) in [5, 5.41) is 0. The zero-order valence-corrected chi connectivity index (χ0v) is 20.4. The zero-order valence-electron chi connectivity index (χ0n) is 19.6. The maximum Gasteiger partial charge on any atom is 0.269 e. The number of carbonyl (C=O) groups is 1. The highest BCUT2D eigenvalue weighted by atomic mass is 32.2. The molecule has 0 spiro atoms. The minimum absolute atomic E-state index is 0.382. The molecular formula is C26H29N3O4S. The highest BCUT2D eigenvalue weighted by molar-refractivity contribution is 7.90. The highest BCUT2D eigenvalue weighted by Gasteiger charge is 2.33. The number of benzene rings is 2. The number of aryl methyl sites for hydroxylation is 3. The van der Waals surface area contributed by atoms with Gasteiger partial charge in [-0.05, 0) is 73.6 Å². The summed E-state index contributed by atoms with van der Waals surface area (Å²) in [4.78, 5) is 29.4. The third-order valence-corrected chi connectivity index (χ3v) is 7.82. The van der Waals surface area contributed by atoms with Crippen molar-refractivity contribution < 1.29 is 13.2 Å². The van der Waals surface area contributed by atoms with Gasteiger partial charge in [0.05, 0.1) is 6.04 Å². The molecule has 1 aliphatic heterocycles. The van der Waals surface area contributed by atoms with E-state index in [1.54, 1.807) is 0 Å². The second-order valence-electron chi connectivity index (χ2n) is 8.92. The van der Waals surface area contributed by atoms with E-state index in [0.717, 1.165) is 34.2 Å². The Bertz CT molecular complexity index is 1370. The van der Waals surface area contributed by atoms with Crippen LogP contribution in [0.1, 0.15) is 33.4 Å². The molecule has 1 amide bonds. The minimum atomic E-state index is -4.32. The normalized spacial score (nSPS) is 16.5. The standard InChI is InChI=1S/C26H29N3O4S/c1-17-13-18(2)22(19(3)14-17)16-29-12-10-20-7-4-5-8-21(20)15-23(29)25(30)28-34(32,33)24-9-6-11-27-26(24)31/h4-9,11,13-14,23H,10,12,15-16H2,1-3H3,(H,27,31)(H,28,30). The largest absolute Gasteiger partial charge is 0.328 e. The predicted molar refractivity (Wildman–Crippen MR) is 131 cm³/mol. The quantitative estimate of drug-likeness (QED) is 0.586. The van der Waals surface area contributed by atoms with Crippen LogP contribution in [-0.4, -0.2) is 36.8 Å². The van der Waals surface area contributed by atoms with Crippen molar-refractivity contribution >= 4 is 15.9 Å². The monoisotopic (exact) mass is 479 g/mol. The SMILES string of the molecule is Cc1cc(C)c(CN2CCc3ccccc3CC2C(=O)NS(=O)(=O)c2ccc[nH]c2=O)c(C)c1. The first kappa shape index (κ1) is 23.9. The lowest BCUT2D eigenvalue weighted by Crippen LogP contribution is -2.49. The molecule has 0 aliphatic carbocycles. The highest BCUT2D eigenvalue weighted by Crippen LogP contribution is 2.25. The molecule has 1 unspecified atom stereocenters. The van der Waals surface area contributed by atoms with Gasteiger partial charge in [-0.1, -0.05) is 42.0 Å². The maximum absolute atomic E-state index is 13.4. The van der Waals surface area contributed by atoms with E-state index in [1.165, 1.54) is 23.9 Å². The van der Waals surface area contributed by atoms with E-state index in [9.17, 15) is 18.0 Å². The number of nitrogens with one attached hydrogen (secondary N) is 2. The van der Waals surface area contributed by atoms with Crippen LogP contribution >= 0.6 is 0 Å². The van der Waals surface area contributed by atoms with Crippen molar-refractivity contribution in [3.63, 3.8) is 0 Å². The van der Waals surface area contributed by atoms with Crippen LogP contribution in [0.25, 0.3) is 0 Å². The van der Waals surface area contributed by atoms with E-state index in [2.05, 4.69) is 48.7 Å². The Morgan fingerprint density at radius 2 is 1.74 bits per heavy atom. The number of fused-ring (bicyclic) bond motifs is 1. The van der Waals surface area contributed by atoms with Crippen LogP contribution in [0.5, 0.6) is 0 Å². The molecule has 1 atom stereocenters. The fourth-order valence-corrected chi connectivity index (χ4v) is 5.81. The fraction of sp³-hybridized carbons (Fsp3) is 0.308. The molecule has 7 nitrogen and oxygen atoms in total. The molecule has 0 saturated heterocycles. The van der Waals surface area contributed by atoms with Crippen LogP contribution in [0.3, 0.4) is 0 Å². The van der Waals surface area contributed by atoms with Gasteiger partial charge in [0.25, 0.3) is 21.5 Å². The number of aromatic amines is 1. The Balaban J connectivity index is 1.69. The van der Waals surface area contributed by atoms with Crippen molar-refractivity contribution in [2.24, 2.45) is 0 Å². The number of hydrogen-bond donors (Lipinski definition) is 2. The van der Waals surface area contributed by atoms with E-state index >= 15 is 0 Å². The summed E-state index contributed by atoms with van der Waals surface area (Å²) < 4.78 is 27.9. The summed E-state index contributed by atoms with van der Waals surface area (Å²) in [5.41, 5.74) is 6.01. The van der Waals surface area contributed by atoms with Gasteiger partial charge in [0.2, 0.25) is 0 Å². The van der Waals surface area contributed by atoms with Gasteiger partial charge in [-0.2, -0.15) is 0 Å². The summed E-state index contributed by atoms with van der Waals surface area (Å²) in [7, 11) is -4.32. The lowest BCUT2D eigenvalue weighted by Gasteiger charge is -2.30. The maximum atomic E-state index is 13.4. The fourth-order valence-electron chi connectivity index (χ4n) is 4.74. The van der Waals surface area contributed by atoms with E-state index < -0.39 is 32.4 Å². The average molecular weight is 480 g/mol. The summed E-state index contributed by atoms with van der Waals surface area (Å²) in [6, 6.07) is 14.1. The molecular weight excluding hydrogens is 450 g/mol. The van der Waals surface area contributed by atoms with Gasteiger partial charge < -0.3 is 4.98 Å². The van der Waals surface area contributed by atoms with E-state index in [1.807, 2.05) is 23.1 Å². The molecule has 0 fully saturated rings. The van der Waals surface area contributed by atoms with Crippen LogP contribution in [0.2, 0.25) is 0 Å². The molecule has 2 heterocycles. The van der Waals surface area contributed by atoms with Crippen molar-refractivity contribution in [1.82, 2.24) is 14.6 Å². The first-order chi connectivity index (χ1) is 16.2. The molecule has 4 rings (SSSR count). The molecule has 34 heavy (non-hydrogen) atoms. The first-order valence-corrected chi connectivity index (χ1v) is 12.8. The Hall–Kier alpha value is -3.23.